The topological polar surface area (TPSA) is 61.8 Å². The molecule has 4 aliphatic carbocycles. The van der Waals surface area contributed by atoms with Crippen molar-refractivity contribution in [3.8, 4) is 0 Å². The summed E-state index contributed by atoms with van der Waals surface area (Å²) in [5.74, 6) is 0.374. The summed E-state index contributed by atoms with van der Waals surface area (Å²) in [5, 5.41) is 0. The van der Waals surface area contributed by atoms with Gasteiger partial charge in [-0.05, 0) is 55.4 Å². The second-order valence-corrected chi connectivity index (χ2v) is 10.1. The van der Waals surface area contributed by atoms with E-state index in [1.165, 1.54) is 12.5 Å². The zero-order valence-corrected chi connectivity index (χ0v) is 17.3. The van der Waals surface area contributed by atoms with Crippen LogP contribution in [0.3, 0.4) is 0 Å². The predicted octanol–water partition coefficient (Wildman–Crippen LogP) is 3.80. The highest BCUT2D eigenvalue weighted by molar-refractivity contribution is 5.94. The molecule has 0 bridgehead atoms. The summed E-state index contributed by atoms with van der Waals surface area (Å²) in [6.45, 7) is 7.46. The van der Waals surface area contributed by atoms with E-state index in [9.17, 15) is 9.59 Å². The van der Waals surface area contributed by atoms with E-state index in [0.29, 0.717) is 31.5 Å². The molecule has 0 aromatic rings. The highest BCUT2D eigenvalue weighted by Crippen LogP contribution is 2.68. The first-order chi connectivity index (χ1) is 13.3. The smallest absolute Gasteiger partial charge is 0.302 e. The van der Waals surface area contributed by atoms with Crippen molar-refractivity contribution in [3.05, 3.63) is 11.6 Å². The molecule has 1 saturated heterocycles. The first-order valence-corrected chi connectivity index (χ1v) is 11.0. The molecule has 3 saturated carbocycles. The van der Waals surface area contributed by atoms with Gasteiger partial charge in [-0.1, -0.05) is 19.4 Å². The second kappa shape index (κ2) is 6.15. The Morgan fingerprint density at radius 2 is 1.79 bits per heavy atom. The fraction of sp³-hybridized carbons (Fsp3) is 0.826. The molecule has 1 spiro atoms. The molecule has 154 valence electrons. The molecule has 0 radical (unpaired) electrons. The van der Waals surface area contributed by atoms with E-state index in [4.69, 9.17) is 14.2 Å². The Morgan fingerprint density at radius 1 is 1.07 bits per heavy atom. The number of allylic oxidation sites excluding steroid dienone is 1. The fourth-order valence-corrected chi connectivity index (χ4v) is 7.59. The average molecular weight is 389 g/mol. The summed E-state index contributed by atoms with van der Waals surface area (Å²) in [6, 6.07) is 0. The highest BCUT2D eigenvalue weighted by Gasteiger charge is 2.68. The first kappa shape index (κ1) is 18.8. The van der Waals surface area contributed by atoms with Crippen LogP contribution in [0.2, 0.25) is 0 Å². The maximum atomic E-state index is 13.4. The minimum Gasteiger partial charge on any atom is -0.462 e. The van der Waals surface area contributed by atoms with E-state index < -0.39 is 5.79 Å². The molecule has 0 aromatic heterocycles. The number of hydrogen-bond donors (Lipinski definition) is 0. The van der Waals surface area contributed by atoms with Crippen LogP contribution < -0.4 is 0 Å². The van der Waals surface area contributed by atoms with Crippen molar-refractivity contribution in [3.63, 3.8) is 0 Å². The van der Waals surface area contributed by atoms with Crippen LogP contribution in [0.1, 0.15) is 65.7 Å². The van der Waals surface area contributed by atoms with Crippen molar-refractivity contribution in [2.45, 2.75) is 77.6 Å². The molecule has 1 unspecified atom stereocenters. The van der Waals surface area contributed by atoms with Gasteiger partial charge in [0.15, 0.2) is 11.6 Å². The van der Waals surface area contributed by atoms with Crippen molar-refractivity contribution in [1.82, 2.24) is 0 Å². The molecule has 0 aromatic carbocycles. The summed E-state index contributed by atoms with van der Waals surface area (Å²) in [5.41, 5.74) is 1.18. The Kier molecular flexibility index (Phi) is 4.13. The standard InChI is InChI=1S/C23H32O5/c1-14(24)28-16-4-7-21(2)15(12-16)13-19(25)20-17(21)5-8-22(3)18(20)6-9-23(22)26-10-11-27-23/h13,16-18,20H,4-12H2,1-3H3/t16?,17-,18-,20+,21-,22-/m0/s1. The molecular formula is C23H32O5. The lowest BCUT2D eigenvalue weighted by molar-refractivity contribution is -0.240. The Bertz CT molecular complexity index is 735. The monoisotopic (exact) mass is 388 g/mol. The van der Waals surface area contributed by atoms with Gasteiger partial charge >= 0.3 is 5.97 Å². The molecule has 1 heterocycles. The number of carbonyl (C=O) groups is 2. The van der Waals surface area contributed by atoms with E-state index in [-0.39, 0.29) is 34.6 Å². The third-order valence-electron chi connectivity index (χ3n) is 9.03. The van der Waals surface area contributed by atoms with Gasteiger partial charge in [0.2, 0.25) is 0 Å². The summed E-state index contributed by atoms with van der Waals surface area (Å²) < 4.78 is 17.8. The minimum atomic E-state index is -0.471. The van der Waals surface area contributed by atoms with Crippen molar-refractivity contribution < 1.29 is 23.8 Å². The molecule has 6 atom stereocenters. The largest absolute Gasteiger partial charge is 0.462 e. The van der Waals surface area contributed by atoms with Crippen LogP contribution >= 0.6 is 0 Å². The number of hydrogen-bond acceptors (Lipinski definition) is 5. The van der Waals surface area contributed by atoms with E-state index in [0.717, 1.165) is 38.5 Å². The number of rotatable bonds is 1. The van der Waals surface area contributed by atoms with Gasteiger partial charge in [-0.2, -0.15) is 0 Å². The minimum absolute atomic E-state index is 0.0453. The van der Waals surface area contributed by atoms with Crippen LogP contribution in [0.5, 0.6) is 0 Å². The summed E-state index contributed by atoms with van der Waals surface area (Å²) in [6.07, 6.45) is 8.46. The van der Waals surface area contributed by atoms with E-state index >= 15 is 0 Å². The molecule has 5 nitrogen and oxygen atoms in total. The second-order valence-electron chi connectivity index (χ2n) is 10.1. The van der Waals surface area contributed by atoms with E-state index in [1.54, 1.807) is 0 Å². The maximum absolute atomic E-state index is 13.4. The van der Waals surface area contributed by atoms with Gasteiger partial charge in [0, 0.05) is 31.1 Å². The Hall–Kier alpha value is -1.20. The lowest BCUT2D eigenvalue weighted by Crippen LogP contribution is -2.57. The number of esters is 1. The van der Waals surface area contributed by atoms with Crippen molar-refractivity contribution in [2.75, 3.05) is 13.2 Å². The van der Waals surface area contributed by atoms with Crippen LogP contribution in [0.4, 0.5) is 0 Å². The third kappa shape index (κ3) is 2.38. The summed E-state index contributed by atoms with van der Waals surface area (Å²) in [7, 11) is 0. The number of ether oxygens (including phenoxy) is 3. The fourth-order valence-electron chi connectivity index (χ4n) is 7.59. The normalized spacial score (nSPS) is 46.5. The van der Waals surface area contributed by atoms with Gasteiger partial charge in [-0.25, -0.2) is 0 Å². The highest BCUT2D eigenvalue weighted by atomic mass is 16.7. The molecule has 0 N–H and O–H groups in total. The number of carbonyl (C=O) groups excluding carboxylic acids is 2. The quantitative estimate of drug-likeness (QED) is 0.640. The SMILES string of the molecule is CC(=O)OC1CC[C@@]2(C)C(=CC(=O)[C@@H]3[C@@H]2CC[C@@]2(C)[C@H]3CCC23OCCO3)C1. The molecular weight excluding hydrogens is 356 g/mol. The number of ketones is 1. The molecule has 1 aliphatic heterocycles. The van der Waals surface area contributed by atoms with Crippen LogP contribution in [0.25, 0.3) is 0 Å². The molecule has 4 fully saturated rings. The van der Waals surface area contributed by atoms with Gasteiger partial charge in [0.1, 0.15) is 6.10 Å². The van der Waals surface area contributed by atoms with Gasteiger partial charge < -0.3 is 14.2 Å². The van der Waals surface area contributed by atoms with Crippen LogP contribution in [-0.2, 0) is 23.8 Å². The summed E-state index contributed by atoms with van der Waals surface area (Å²) >= 11 is 0. The Labute approximate surface area is 167 Å². The number of fused-ring (bicyclic) bond motifs is 6. The van der Waals surface area contributed by atoms with Crippen molar-refractivity contribution in [1.29, 1.82) is 0 Å². The predicted molar refractivity (Wildman–Crippen MR) is 102 cm³/mol. The Morgan fingerprint density at radius 3 is 2.50 bits per heavy atom. The first-order valence-electron chi connectivity index (χ1n) is 11.0. The lowest BCUT2D eigenvalue weighted by atomic mass is 9.47. The van der Waals surface area contributed by atoms with E-state index in [2.05, 4.69) is 13.8 Å². The lowest BCUT2D eigenvalue weighted by Gasteiger charge is -2.57. The molecule has 5 rings (SSSR count). The molecule has 0 amide bonds. The van der Waals surface area contributed by atoms with Crippen LogP contribution in [0, 0.1) is 28.6 Å². The van der Waals surface area contributed by atoms with E-state index in [1.807, 2.05) is 6.08 Å². The van der Waals surface area contributed by atoms with Crippen LogP contribution in [0.15, 0.2) is 11.6 Å². The zero-order chi connectivity index (χ0) is 19.7. The molecule has 5 aliphatic rings. The average Bonchev–Trinajstić information content (AvgIpc) is 3.23. The summed E-state index contributed by atoms with van der Waals surface area (Å²) in [4.78, 5) is 24.8. The van der Waals surface area contributed by atoms with Gasteiger partial charge in [-0.15, -0.1) is 0 Å². The maximum Gasteiger partial charge on any atom is 0.302 e. The van der Waals surface area contributed by atoms with Gasteiger partial charge in [0.25, 0.3) is 0 Å². The van der Waals surface area contributed by atoms with Crippen molar-refractivity contribution in [2.24, 2.45) is 28.6 Å². The van der Waals surface area contributed by atoms with Crippen LogP contribution in [-0.4, -0.2) is 36.9 Å². The van der Waals surface area contributed by atoms with Gasteiger partial charge in [-0.3, -0.25) is 9.59 Å². The third-order valence-corrected chi connectivity index (χ3v) is 9.03. The van der Waals surface area contributed by atoms with Gasteiger partial charge in [0.05, 0.1) is 13.2 Å². The molecule has 28 heavy (non-hydrogen) atoms. The zero-order valence-electron chi connectivity index (χ0n) is 17.3. The molecule has 5 heteroatoms. The van der Waals surface area contributed by atoms with Crippen molar-refractivity contribution >= 4 is 11.8 Å². The Balaban J connectivity index is 1.47.